The van der Waals surface area contributed by atoms with Crippen LogP contribution >= 0.6 is 8.73 Å². The third kappa shape index (κ3) is 4.39. The number of nitrogens with zero attached hydrogens (tertiary/aromatic N) is 1. The van der Waals surface area contributed by atoms with E-state index in [1.807, 2.05) is 0 Å². The van der Waals surface area contributed by atoms with Crippen LogP contribution < -0.4 is 5.32 Å². The minimum Gasteiger partial charge on any atom is -0.317 e. The van der Waals surface area contributed by atoms with E-state index in [-0.39, 0.29) is 0 Å². The highest BCUT2D eigenvalue weighted by Gasteiger charge is 2.03. The Balaban J connectivity index is 2.17. The van der Waals surface area contributed by atoms with E-state index in [0.717, 1.165) is 8.73 Å². The molecule has 1 saturated heterocycles. The first-order valence-electron chi connectivity index (χ1n) is 5.06. The Morgan fingerprint density at radius 2 is 1.58 bits per heavy atom. The van der Waals surface area contributed by atoms with E-state index in [1.165, 1.54) is 51.9 Å². The zero-order valence-corrected chi connectivity index (χ0v) is 9.10. The van der Waals surface area contributed by atoms with Gasteiger partial charge in [0.25, 0.3) is 0 Å². The van der Waals surface area contributed by atoms with E-state index >= 15 is 0 Å². The summed E-state index contributed by atoms with van der Waals surface area (Å²) in [4.78, 5) is 0. The number of hydrogen-bond acceptors (Lipinski definition) is 2. The Kier molecular flexibility index (Phi) is 5.93. The minimum atomic E-state index is 1.01. The fourth-order valence-electron chi connectivity index (χ4n) is 1.57. The predicted octanol–water partition coefficient (Wildman–Crippen LogP) is 1.68. The third-order valence-corrected chi connectivity index (χ3v) is 3.46. The molecule has 0 amide bonds. The van der Waals surface area contributed by atoms with E-state index in [1.54, 1.807) is 0 Å². The molecule has 1 N–H and O–H groups in total. The van der Waals surface area contributed by atoms with Crippen LogP contribution in [-0.4, -0.2) is 37.5 Å². The van der Waals surface area contributed by atoms with Crippen molar-refractivity contribution in [3.05, 3.63) is 0 Å². The van der Waals surface area contributed by atoms with Gasteiger partial charge in [0.1, 0.15) is 0 Å². The number of hydrogen-bond donors (Lipinski definition) is 1. The van der Waals surface area contributed by atoms with E-state index in [9.17, 15) is 0 Å². The molecule has 1 heterocycles. The molecule has 0 aromatic heterocycles. The molecule has 0 radical (unpaired) electrons. The minimum absolute atomic E-state index is 1.01. The zero-order valence-electron chi connectivity index (χ0n) is 8.10. The summed E-state index contributed by atoms with van der Waals surface area (Å²) in [6, 6.07) is 0. The van der Waals surface area contributed by atoms with Gasteiger partial charge >= 0.3 is 0 Å². The van der Waals surface area contributed by atoms with Crippen LogP contribution in [0.5, 0.6) is 0 Å². The van der Waals surface area contributed by atoms with Crippen molar-refractivity contribution in [3.63, 3.8) is 0 Å². The van der Waals surface area contributed by atoms with Crippen LogP contribution in [0, 0.1) is 0 Å². The molecule has 1 unspecified atom stereocenters. The largest absolute Gasteiger partial charge is 0.317 e. The Morgan fingerprint density at radius 1 is 1.00 bits per heavy atom. The molecule has 0 aromatic carbocycles. The van der Waals surface area contributed by atoms with Gasteiger partial charge in [0.15, 0.2) is 0 Å². The molecule has 12 heavy (non-hydrogen) atoms. The van der Waals surface area contributed by atoms with Crippen molar-refractivity contribution in [2.24, 2.45) is 0 Å². The van der Waals surface area contributed by atoms with Crippen molar-refractivity contribution in [1.82, 2.24) is 9.99 Å². The van der Waals surface area contributed by atoms with E-state index < -0.39 is 0 Å². The van der Waals surface area contributed by atoms with Crippen molar-refractivity contribution >= 4 is 8.73 Å². The molecule has 0 bridgehead atoms. The maximum atomic E-state index is 3.47. The molecule has 1 aliphatic heterocycles. The lowest BCUT2D eigenvalue weighted by molar-refractivity contribution is 0.409. The highest BCUT2D eigenvalue weighted by Crippen LogP contribution is 2.15. The molecule has 1 atom stereocenters. The maximum Gasteiger partial charge on any atom is 0.00190 e. The SMILES string of the molecule is CPN1CCCCNCCCC1. The van der Waals surface area contributed by atoms with Crippen LogP contribution in [0.15, 0.2) is 0 Å². The van der Waals surface area contributed by atoms with Gasteiger partial charge in [-0.2, -0.15) is 0 Å². The molecule has 1 aliphatic rings. The van der Waals surface area contributed by atoms with Crippen LogP contribution in [0.2, 0.25) is 0 Å². The van der Waals surface area contributed by atoms with Crippen LogP contribution in [-0.2, 0) is 0 Å². The summed E-state index contributed by atoms with van der Waals surface area (Å²) in [6.07, 6.45) is 5.43. The smallest absolute Gasteiger partial charge is 0.00190 e. The van der Waals surface area contributed by atoms with Crippen molar-refractivity contribution in [3.8, 4) is 0 Å². The Labute approximate surface area is 77.9 Å². The second-order valence-electron chi connectivity index (χ2n) is 3.37. The fraction of sp³-hybridized carbons (Fsp3) is 1.00. The molecule has 1 fully saturated rings. The van der Waals surface area contributed by atoms with Gasteiger partial charge in [-0.25, -0.2) is 0 Å². The number of rotatable bonds is 1. The van der Waals surface area contributed by atoms with Crippen molar-refractivity contribution in [2.75, 3.05) is 32.8 Å². The zero-order chi connectivity index (χ0) is 8.65. The first-order valence-corrected chi connectivity index (χ1v) is 6.51. The molecule has 72 valence electrons. The van der Waals surface area contributed by atoms with E-state index in [4.69, 9.17) is 0 Å². The molecular formula is C9H21N2P. The average Bonchev–Trinajstić information content (AvgIpc) is 2.14. The summed E-state index contributed by atoms with van der Waals surface area (Å²) in [5.74, 6) is 0. The summed E-state index contributed by atoms with van der Waals surface area (Å²) in [5, 5.41) is 3.47. The third-order valence-electron chi connectivity index (χ3n) is 2.38. The maximum absolute atomic E-state index is 3.47. The molecule has 2 nitrogen and oxygen atoms in total. The summed E-state index contributed by atoms with van der Waals surface area (Å²) in [7, 11) is 1.01. The van der Waals surface area contributed by atoms with Crippen molar-refractivity contribution in [2.45, 2.75) is 25.7 Å². The molecule has 3 heteroatoms. The Bertz CT molecular complexity index is 98.7. The second-order valence-corrected chi connectivity index (χ2v) is 4.45. The lowest BCUT2D eigenvalue weighted by atomic mass is 10.2. The standard InChI is InChI=1S/C9H21N2P/c1-12-11-8-4-2-6-10-7-3-5-9-11/h10,12H,2-9H2,1H3. The van der Waals surface area contributed by atoms with Gasteiger partial charge in [-0.15, -0.1) is 0 Å². The monoisotopic (exact) mass is 188 g/mol. The molecule has 0 aliphatic carbocycles. The topological polar surface area (TPSA) is 15.3 Å². The van der Waals surface area contributed by atoms with Crippen LogP contribution in [0.1, 0.15) is 25.7 Å². The van der Waals surface area contributed by atoms with Crippen LogP contribution in [0.3, 0.4) is 0 Å². The lowest BCUT2D eigenvalue weighted by Crippen LogP contribution is -2.23. The van der Waals surface area contributed by atoms with Crippen molar-refractivity contribution in [1.29, 1.82) is 0 Å². The number of nitrogens with one attached hydrogen (secondary N) is 1. The molecule has 1 rings (SSSR count). The molecule has 0 saturated carbocycles. The molecule has 0 spiro atoms. The van der Waals surface area contributed by atoms with Crippen LogP contribution in [0.25, 0.3) is 0 Å². The van der Waals surface area contributed by atoms with Crippen molar-refractivity contribution < 1.29 is 0 Å². The second kappa shape index (κ2) is 6.82. The summed E-state index contributed by atoms with van der Waals surface area (Å²) in [6.45, 7) is 7.37. The summed E-state index contributed by atoms with van der Waals surface area (Å²) < 4.78 is 2.60. The lowest BCUT2D eigenvalue weighted by Gasteiger charge is -2.21. The predicted molar refractivity (Wildman–Crippen MR) is 57.1 cm³/mol. The van der Waals surface area contributed by atoms with Gasteiger partial charge < -0.3 is 5.32 Å². The van der Waals surface area contributed by atoms with Gasteiger partial charge in [-0.3, -0.25) is 4.67 Å². The van der Waals surface area contributed by atoms with E-state index in [0.29, 0.717) is 0 Å². The summed E-state index contributed by atoms with van der Waals surface area (Å²) in [5.41, 5.74) is 0. The first-order chi connectivity index (χ1) is 5.93. The Morgan fingerprint density at radius 3 is 2.08 bits per heavy atom. The fourth-order valence-corrected chi connectivity index (χ4v) is 2.33. The molecule has 0 aromatic rings. The van der Waals surface area contributed by atoms with Gasteiger partial charge in [-0.05, 0) is 45.4 Å². The van der Waals surface area contributed by atoms with E-state index in [2.05, 4.69) is 16.7 Å². The normalized spacial score (nSPS) is 24.8. The summed E-state index contributed by atoms with van der Waals surface area (Å²) >= 11 is 0. The Hall–Kier alpha value is 0.350. The molecular weight excluding hydrogens is 167 g/mol. The van der Waals surface area contributed by atoms with Gasteiger partial charge in [-0.1, -0.05) is 8.73 Å². The van der Waals surface area contributed by atoms with Gasteiger partial charge in [0.05, 0.1) is 0 Å². The highest BCUT2D eigenvalue weighted by atomic mass is 31.1. The quantitative estimate of drug-likeness (QED) is 0.630. The first kappa shape index (κ1) is 10.4. The van der Waals surface area contributed by atoms with Gasteiger partial charge in [0.2, 0.25) is 0 Å². The van der Waals surface area contributed by atoms with Crippen LogP contribution in [0.4, 0.5) is 0 Å². The highest BCUT2D eigenvalue weighted by molar-refractivity contribution is 7.34. The van der Waals surface area contributed by atoms with Gasteiger partial charge in [0, 0.05) is 13.1 Å². The average molecular weight is 188 g/mol.